The van der Waals surface area contributed by atoms with E-state index in [-0.39, 0.29) is 29.2 Å². The van der Waals surface area contributed by atoms with E-state index >= 15 is 0 Å². The maximum absolute atomic E-state index is 12.4. The number of hydrogen-bond donors (Lipinski definition) is 2. The molecule has 0 aliphatic heterocycles. The monoisotopic (exact) mass is 404 g/mol. The third-order valence-corrected chi connectivity index (χ3v) is 3.78. The summed E-state index contributed by atoms with van der Waals surface area (Å²) in [5.41, 5.74) is 1.77. The van der Waals surface area contributed by atoms with E-state index in [2.05, 4.69) is 15.4 Å². The Labute approximate surface area is 167 Å². The standard InChI is InChI=1S/C21H22F2N2O4/c1-13(2)20(27)25-16-8-6-15(7-9-16)24-19(26)11-5-14-4-10-17(29-21(22)23)18(12-14)28-3/h4-13,21H,1-3H3,(H,24,26)(H,25,27)/b11-5+. The van der Waals surface area contributed by atoms with Gasteiger partial charge in [-0.05, 0) is 48.0 Å². The van der Waals surface area contributed by atoms with Crippen molar-refractivity contribution in [3.8, 4) is 11.5 Å². The number of carbonyl (C=O) groups is 2. The van der Waals surface area contributed by atoms with Crippen LogP contribution in [0.1, 0.15) is 19.4 Å². The van der Waals surface area contributed by atoms with Crippen molar-refractivity contribution in [2.45, 2.75) is 20.5 Å². The maximum Gasteiger partial charge on any atom is 0.387 e. The molecule has 0 atom stereocenters. The van der Waals surface area contributed by atoms with Crippen LogP contribution in [0.4, 0.5) is 20.2 Å². The minimum Gasteiger partial charge on any atom is -0.493 e. The van der Waals surface area contributed by atoms with Gasteiger partial charge in [-0.1, -0.05) is 19.9 Å². The van der Waals surface area contributed by atoms with Crippen molar-refractivity contribution in [2.24, 2.45) is 5.92 Å². The molecule has 29 heavy (non-hydrogen) atoms. The summed E-state index contributed by atoms with van der Waals surface area (Å²) in [6.07, 6.45) is 2.82. The quantitative estimate of drug-likeness (QED) is 0.633. The molecular formula is C21H22F2N2O4. The zero-order valence-corrected chi connectivity index (χ0v) is 16.2. The summed E-state index contributed by atoms with van der Waals surface area (Å²) in [5, 5.41) is 5.45. The van der Waals surface area contributed by atoms with E-state index in [0.717, 1.165) is 0 Å². The maximum atomic E-state index is 12.4. The molecule has 6 nitrogen and oxygen atoms in total. The van der Waals surface area contributed by atoms with Gasteiger partial charge in [0.15, 0.2) is 11.5 Å². The zero-order chi connectivity index (χ0) is 21.4. The number of benzene rings is 2. The first-order valence-corrected chi connectivity index (χ1v) is 8.81. The number of rotatable bonds is 8. The summed E-state index contributed by atoms with van der Waals surface area (Å²) in [6, 6.07) is 11.1. The van der Waals surface area contributed by atoms with Crippen molar-refractivity contribution in [1.82, 2.24) is 0 Å². The molecule has 0 radical (unpaired) electrons. The van der Waals surface area contributed by atoms with Crippen LogP contribution >= 0.6 is 0 Å². The van der Waals surface area contributed by atoms with Gasteiger partial charge in [-0.2, -0.15) is 8.78 Å². The van der Waals surface area contributed by atoms with E-state index < -0.39 is 6.61 Å². The molecule has 0 heterocycles. The molecule has 0 aliphatic rings. The van der Waals surface area contributed by atoms with Gasteiger partial charge in [-0.3, -0.25) is 9.59 Å². The van der Waals surface area contributed by atoms with Crippen molar-refractivity contribution in [3.63, 3.8) is 0 Å². The minimum absolute atomic E-state index is 0.0891. The molecule has 2 aromatic carbocycles. The summed E-state index contributed by atoms with van der Waals surface area (Å²) in [6.45, 7) is 0.636. The summed E-state index contributed by atoms with van der Waals surface area (Å²) in [7, 11) is 1.33. The summed E-state index contributed by atoms with van der Waals surface area (Å²) in [5.74, 6) is -0.560. The van der Waals surface area contributed by atoms with Crippen molar-refractivity contribution < 1.29 is 27.8 Å². The SMILES string of the molecule is COc1cc(/C=C/C(=O)Nc2ccc(NC(=O)C(C)C)cc2)ccc1OC(F)F. The number of carbonyl (C=O) groups excluding carboxylic acids is 2. The number of amides is 2. The molecule has 0 spiro atoms. The number of anilines is 2. The fraction of sp³-hybridized carbons (Fsp3) is 0.238. The largest absolute Gasteiger partial charge is 0.493 e. The normalized spacial score (nSPS) is 11.0. The Morgan fingerprint density at radius 1 is 0.966 bits per heavy atom. The Bertz CT molecular complexity index is 881. The first-order valence-electron chi connectivity index (χ1n) is 8.81. The van der Waals surface area contributed by atoms with Crippen LogP contribution in [0, 0.1) is 5.92 Å². The average molecular weight is 404 g/mol. The number of methoxy groups -OCH3 is 1. The molecule has 2 aromatic rings. The molecule has 2 amide bonds. The van der Waals surface area contributed by atoms with E-state index in [9.17, 15) is 18.4 Å². The van der Waals surface area contributed by atoms with Gasteiger partial charge in [0.1, 0.15) is 0 Å². The van der Waals surface area contributed by atoms with Gasteiger partial charge in [0.05, 0.1) is 7.11 Å². The summed E-state index contributed by atoms with van der Waals surface area (Å²) < 4.78 is 34.1. The Kier molecular flexibility index (Phi) is 7.70. The topological polar surface area (TPSA) is 76.7 Å². The Hall–Kier alpha value is -3.42. The van der Waals surface area contributed by atoms with Crippen molar-refractivity contribution in [1.29, 1.82) is 0 Å². The lowest BCUT2D eigenvalue weighted by Crippen LogP contribution is -2.17. The van der Waals surface area contributed by atoms with E-state index in [1.54, 1.807) is 38.1 Å². The predicted octanol–water partition coefficient (Wildman–Crippen LogP) is 4.54. The summed E-state index contributed by atoms with van der Waals surface area (Å²) >= 11 is 0. The van der Waals surface area contributed by atoms with Crippen molar-refractivity contribution >= 4 is 29.3 Å². The second-order valence-electron chi connectivity index (χ2n) is 6.33. The molecular weight excluding hydrogens is 382 g/mol. The van der Waals surface area contributed by atoms with Gasteiger partial charge in [0.2, 0.25) is 11.8 Å². The number of halogens is 2. The lowest BCUT2D eigenvalue weighted by Gasteiger charge is -2.10. The zero-order valence-electron chi connectivity index (χ0n) is 16.2. The van der Waals surface area contributed by atoms with Gasteiger partial charge in [0.25, 0.3) is 0 Å². The van der Waals surface area contributed by atoms with Crippen LogP contribution in [0.2, 0.25) is 0 Å². The Balaban J connectivity index is 1.98. The molecule has 0 aliphatic carbocycles. The highest BCUT2D eigenvalue weighted by Crippen LogP contribution is 2.29. The van der Waals surface area contributed by atoms with E-state index in [0.29, 0.717) is 16.9 Å². The van der Waals surface area contributed by atoms with E-state index in [4.69, 9.17) is 4.74 Å². The number of nitrogens with one attached hydrogen (secondary N) is 2. The van der Waals surface area contributed by atoms with Crippen LogP contribution in [0.3, 0.4) is 0 Å². The van der Waals surface area contributed by atoms with Crippen LogP contribution in [0.15, 0.2) is 48.5 Å². The van der Waals surface area contributed by atoms with Gasteiger partial charge in [-0.25, -0.2) is 0 Å². The molecule has 0 unspecified atom stereocenters. The molecule has 2 rings (SSSR count). The van der Waals surface area contributed by atoms with E-state index in [1.165, 1.54) is 37.5 Å². The lowest BCUT2D eigenvalue weighted by molar-refractivity contribution is -0.119. The third-order valence-electron chi connectivity index (χ3n) is 3.78. The van der Waals surface area contributed by atoms with Crippen LogP contribution < -0.4 is 20.1 Å². The van der Waals surface area contributed by atoms with Crippen molar-refractivity contribution in [2.75, 3.05) is 17.7 Å². The van der Waals surface area contributed by atoms with Crippen LogP contribution in [-0.2, 0) is 9.59 Å². The number of hydrogen-bond acceptors (Lipinski definition) is 4. The highest BCUT2D eigenvalue weighted by molar-refractivity contribution is 6.02. The van der Waals surface area contributed by atoms with Crippen LogP contribution in [-0.4, -0.2) is 25.5 Å². The first-order chi connectivity index (χ1) is 13.8. The summed E-state index contributed by atoms with van der Waals surface area (Å²) in [4.78, 5) is 23.8. The van der Waals surface area contributed by atoms with Gasteiger partial charge in [-0.15, -0.1) is 0 Å². The molecule has 2 N–H and O–H groups in total. The third kappa shape index (κ3) is 6.91. The molecule has 0 fully saturated rings. The smallest absolute Gasteiger partial charge is 0.387 e. The second kappa shape index (κ2) is 10.2. The molecule has 8 heteroatoms. The molecule has 0 saturated heterocycles. The molecule has 0 saturated carbocycles. The first kappa shape index (κ1) is 21.9. The molecule has 154 valence electrons. The van der Waals surface area contributed by atoms with Gasteiger partial charge >= 0.3 is 6.61 Å². The number of ether oxygens (including phenoxy) is 2. The highest BCUT2D eigenvalue weighted by Gasteiger charge is 2.10. The lowest BCUT2D eigenvalue weighted by atomic mass is 10.2. The predicted molar refractivity (Wildman–Crippen MR) is 107 cm³/mol. The highest BCUT2D eigenvalue weighted by atomic mass is 19.3. The van der Waals surface area contributed by atoms with Gasteiger partial charge < -0.3 is 20.1 Å². The molecule has 0 bridgehead atoms. The van der Waals surface area contributed by atoms with Crippen LogP contribution in [0.5, 0.6) is 11.5 Å². The minimum atomic E-state index is -2.96. The van der Waals surface area contributed by atoms with Crippen LogP contribution in [0.25, 0.3) is 6.08 Å². The average Bonchev–Trinajstić information content (AvgIpc) is 2.68. The van der Waals surface area contributed by atoms with Crippen molar-refractivity contribution in [3.05, 3.63) is 54.1 Å². The molecule has 0 aromatic heterocycles. The fourth-order valence-electron chi connectivity index (χ4n) is 2.26. The van der Waals surface area contributed by atoms with Gasteiger partial charge in [0, 0.05) is 23.4 Å². The number of alkyl halides is 2. The Morgan fingerprint density at radius 3 is 2.14 bits per heavy atom. The Morgan fingerprint density at radius 2 is 1.59 bits per heavy atom. The second-order valence-corrected chi connectivity index (χ2v) is 6.33. The fourth-order valence-corrected chi connectivity index (χ4v) is 2.26. The van der Waals surface area contributed by atoms with E-state index in [1.807, 2.05) is 0 Å².